The second kappa shape index (κ2) is 6.63. The third-order valence-corrected chi connectivity index (χ3v) is 4.86. The fraction of sp³-hybridized carbons (Fsp3) is 0.238. The number of carbonyl (C=O) groups excluding carboxylic acids is 1. The van der Waals surface area contributed by atoms with Gasteiger partial charge in [0.2, 0.25) is 5.76 Å². The van der Waals surface area contributed by atoms with Crippen LogP contribution < -0.4 is 5.43 Å². The van der Waals surface area contributed by atoms with Crippen LogP contribution in [-0.4, -0.2) is 42.9 Å². The highest BCUT2D eigenvalue weighted by molar-refractivity contribution is 5.99. The van der Waals surface area contributed by atoms with Gasteiger partial charge in [0.1, 0.15) is 11.4 Å². The summed E-state index contributed by atoms with van der Waals surface area (Å²) in [5.74, 6) is -0.834. The van der Waals surface area contributed by atoms with E-state index in [2.05, 4.69) is 0 Å². The molecule has 138 valence electrons. The summed E-state index contributed by atoms with van der Waals surface area (Å²) in [5.41, 5.74) is 0.575. The lowest BCUT2D eigenvalue weighted by Gasteiger charge is -2.26. The van der Waals surface area contributed by atoms with E-state index in [1.54, 1.807) is 42.5 Å². The number of fused-ring (bicyclic) bond motifs is 2. The first-order valence-electron chi connectivity index (χ1n) is 8.75. The van der Waals surface area contributed by atoms with Crippen molar-refractivity contribution in [1.82, 2.24) is 9.80 Å². The number of para-hydroxylation sites is 1. The molecule has 1 aromatic heterocycles. The Morgan fingerprint density at radius 2 is 1.78 bits per heavy atom. The number of hydrogen-bond acceptors (Lipinski definition) is 4. The largest absolute Gasteiger partial charge is 0.450 e. The van der Waals surface area contributed by atoms with Gasteiger partial charge in [-0.1, -0.05) is 30.3 Å². The fourth-order valence-corrected chi connectivity index (χ4v) is 3.53. The number of nitrogens with zero attached hydrogens (tertiary/aromatic N) is 2. The molecule has 1 aliphatic heterocycles. The molecule has 5 nitrogen and oxygen atoms in total. The molecule has 0 fully saturated rings. The van der Waals surface area contributed by atoms with Crippen molar-refractivity contribution in [2.45, 2.75) is 6.04 Å². The quantitative estimate of drug-likeness (QED) is 0.712. The summed E-state index contributed by atoms with van der Waals surface area (Å²) >= 11 is 0. The number of halogens is 1. The van der Waals surface area contributed by atoms with E-state index >= 15 is 0 Å². The molecule has 0 bridgehead atoms. The number of hydrogen-bond donors (Lipinski definition) is 0. The lowest BCUT2D eigenvalue weighted by molar-refractivity contribution is 0.0714. The number of benzene rings is 2. The van der Waals surface area contributed by atoms with Crippen molar-refractivity contribution in [3.8, 4) is 0 Å². The third kappa shape index (κ3) is 2.82. The van der Waals surface area contributed by atoms with Gasteiger partial charge in [-0.2, -0.15) is 0 Å². The molecule has 0 unspecified atom stereocenters. The predicted octanol–water partition coefficient (Wildman–Crippen LogP) is 3.04. The van der Waals surface area contributed by atoms with Gasteiger partial charge >= 0.3 is 0 Å². The standard InChI is InChI=1S/C21H19FN2O3/c1-23(2)11-12-24-18(13-7-3-5-9-15(13)22)17-19(25)14-8-4-6-10-16(14)27-20(17)21(24)26/h3-10,18H,11-12H2,1-2H3/t18-/m1/s1. The number of amides is 1. The van der Waals surface area contributed by atoms with Crippen molar-refractivity contribution >= 4 is 16.9 Å². The SMILES string of the molecule is CN(C)CCN1C(=O)c2oc3ccccc3c(=O)c2[C@H]1c1ccccc1F. The van der Waals surface area contributed by atoms with E-state index in [0.29, 0.717) is 29.6 Å². The smallest absolute Gasteiger partial charge is 0.290 e. The van der Waals surface area contributed by atoms with Crippen LogP contribution in [0, 0.1) is 5.82 Å². The summed E-state index contributed by atoms with van der Waals surface area (Å²) in [7, 11) is 3.78. The summed E-state index contributed by atoms with van der Waals surface area (Å²) in [6.07, 6.45) is 0. The molecule has 4 rings (SSSR count). The minimum Gasteiger partial charge on any atom is -0.450 e. The predicted molar refractivity (Wildman–Crippen MR) is 100 cm³/mol. The molecule has 27 heavy (non-hydrogen) atoms. The normalized spacial score (nSPS) is 16.4. The van der Waals surface area contributed by atoms with E-state index in [0.717, 1.165) is 0 Å². The Labute approximate surface area is 155 Å². The Morgan fingerprint density at radius 3 is 2.52 bits per heavy atom. The van der Waals surface area contributed by atoms with Gasteiger partial charge in [0.25, 0.3) is 5.91 Å². The van der Waals surface area contributed by atoms with Gasteiger partial charge in [-0.15, -0.1) is 0 Å². The van der Waals surface area contributed by atoms with Crippen molar-refractivity contribution in [2.24, 2.45) is 0 Å². The first-order chi connectivity index (χ1) is 13.0. The summed E-state index contributed by atoms with van der Waals surface area (Å²) in [4.78, 5) is 29.7. The van der Waals surface area contributed by atoms with E-state index < -0.39 is 11.9 Å². The highest BCUT2D eigenvalue weighted by Gasteiger charge is 2.43. The Balaban J connectivity index is 1.96. The summed E-state index contributed by atoms with van der Waals surface area (Å²) in [6, 6.07) is 12.2. The van der Waals surface area contributed by atoms with E-state index in [1.807, 2.05) is 19.0 Å². The molecule has 0 saturated heterocycles. The van der Waals surface area contributed by atoms with Gasteiger partial charge in [-0.05, 0) is 32.3 Å². The summed E-state index contributed by atoms with van der Waals surface area (Å²) in [5, 5.41) is 0.389. The maximum Gasteiger partial charge on any atom is 0.290 e. The Hall–Kier alpha value is -2.99. The molecule has 2 heterocycles. The van der Waals surface area contributed by atoms with Crippen LogP contribution in [0.5, 0.6) is 0 Å². The maximum absolute atomic E-state index is 14.6. The lowest BCUT2D eigenvalue weighted by Crippen LogP contribution is -2.35. The van der Waals surface area contributed by atoms with Gasteiger partial charge in [-0.3, -0.25) is 9.59 Å². The minimum atomic E-state index is -0.797. The topological polar surface area (TPSA) is 53.8 Å². The van der Waals surface area contributed by atoms with Crippen LogP contribution in [0.25, 0.3) is 11.0 Å². The summed E-state index contributed by atoms with van der Waals surface area (Å²) in [6.45, 7) is 0.934. The van der Waals surface area contributed by atoms with Crippen LogP contribution in [0.4, 0.5) is 4.39 Å². The zero-order valence-electron chi connectivity index (χ0n) is 15.1. The molecule has 6 heteroatoms. The van der Waals surface area contributed by atoms with Crippen LogP contribution in [-0.2, 0) is 0 Å². The second-order valence-electron chi connectivity index (χ2n) is 6.90. The van der Waals surface area contributed by atoms with E-state index in [4.69, 9.17) is 4.42 Å². The molecule has 1 aliphatic rings. The van der Waals surface area contributed by atoms with Crippen LogP contribution in [0.15, 0.2) is 57.7 Å². The Bertz CT molecular complexity index is 1090. The first kappa shape index (κ1) is 17.4. The lowest BCUT2D eigenvalue weighted by atomic mass is 9.98. The Morgan fingerprint density at radius 1 is 1.07 bits per heavy atom. The molecule has 0 N–H and O–H groups in total. The van der Waals surface area contributed by atoms with Crippen LogP contribution in [0.3, 0.4) is 0 Å². The van der Waals surface area contributed by atoms with Crippen molar-refractivity contribution in [1.29, 1.82) is 0 Å². The van der Waals surface area contributed by atoms with Crippen LogP contribution >= 0.6 is 0 Å². The minimum absolute atomic E-state index is 0.00529. The molecular formula is C21H19FN2O3. The molecule has 3 aromatic rings. The van der Waals surface area contributed by atoms with E-state index in [9.17, 15) is 14.0 Å². The Kier molecular flexibility index (Phi) is 4.28. The third-order valence-electron chi connectivity index (χ3n) is 4.86. The first-order valence-corrected chi connectivity index (χ1v) is 8.75. The summed E-state index contributed by atoms with van der Waals surface area (Å²) < 4.78 is 20.4. The van der Waals surface area contributed by atoms with Crippen LogP contribution in [0.2, 0.25) is 0 Å². The highest BCUT2D eigenvalue weighted by atomic mass is 19.1. The zero-order valence-corrected chi connectivity index (χ0v) is 15.1. The van der Waals surface area contributed by atoms with Crippen molar-refractivity contribution in [3.63, 3.8) is 0 Å². The molecule has 2 aromatic carbocycles. The number of likely N-dealkylation sites (N-methyl/N-ethyl adjacent to an activating group) is 1. The van der Waals surface area contributed by atoms with Crippen LogP contribution in [0.1, 0.15) is 27.7 Å². The maximum atomic E-state index is 14.6. The van der Waals surface area contributed by atoms with Crippen molar-refractivity contribution in [2.75, 3.05) is 27.2 Å². The molecule has 1 atom stereocenters. The van der Waals surface area contributed by atoms with Crippen molar-refractivity contribution in [3.05, 3.63) is 81.5 Å². The molecule has 0 radical (unpaired) electrons. The van der Waals surface area contributed by atoms with Crippen molar-refractivity contribution < 1.29 is 13.6 Å². The molecule has 1 amide bonds. The molecular weight excluding hydrogens is 347 g/mol. The molecule has 0 spiro atoms. The fourth-order valence-electron chi connectivity index (χ4n) is 3.53. The van der Waals surface area contributed by atoms with Gasteiger partial charge in [0.05, 0.1) is 17.0 Å². The van der Waals surface area contributed by atoms with E-state index in [-0.39, 0.29) is 22.7 Å². The van der Waals surface area contributed by atoms with Gasteiger partial charge in [0.15, 0.2) is 5.43 Å². The number of rotatable bonds is 4. The van der Waals surface area contributed by atoms with Gasteiger partial charge in [0, 0.05) is 18.7 Å². The monoisotopic (exact) mass is 366 g/mol. The highest BCUT2D eigenvalue weighted by Crippen LogP contribution is 2.38. The average Bonchev–Trinajstić information content (AvgIpc) is 2.93. The second-order valence-corrected chi connectivity index (χ2v) is 6.90. The van der Waals surface area contributed by atoms with Gasteiger partial charge in [-0.25, -0.2) is 4.39 Å². The molecule has 0 saturated carbocycles. The number of carbonyl (C=O) groups is 1. The zero-order chi connectivity index (χ0) is 19.1. The van der Waals surface area contributed by atoms with Gasteiger partial charge < -0.3 is 14.2 Å². The molecule has 0 aliphatic carbocycles. The van der Waals surface area contributed by atoms with E-state index in [1.165, 1.54) is 11.0 Å². The average molecular weight is 366 g/mol.